The van der Waals surface area contributed by atoms with Gasteiger partial charge in [0.05, 0.1) is 5.69 Å². The lowest BCUT2D eigenvalue weighted by Crippen LogP contribution is -2.31. The van der Waals surface area contributed by atoms with E-state index in [9.17, 15) is 8.42 Å². The van der Waals surface area contributed by atoms with E-state index in [-0.39, 0.29) is 6.04 Å². The zero-order chi connectivity index (χ0) is 15.3. The molecule has 0 radical (unpaired) electrons. The average molecular weight is 311 g/mol. The number of nitrogens with one attached hydrogen (secondary N) is 2. The van der Waals surface area contributed by atoms with Gasteiger partial charge in [-0.3, -0.25) is 0 Å². The van der Waals surface area contributed by atoms with Gasteiger partial charge in [0, 0.05) is 19.1 Å². The molecular formula is C15H25N3O2S. The fraction of sp³-hybridized carbons (Fsp3) is 0.600. The van der Waals surface area contributed by atoms with Crippen molar-refractivity contribution in [3.05, 3.63) is 24.3 Å². The summed E-state index contributed by atoms with van der Waals surface area (Å²) in [6, 6.07) is 7.32. The molecule has 1 fully saturated rings. The molecule has 2 rings (SSSR count). The summed E-state index contributed by atoms with van der Waals surface area (Å²) >= 11 is 0. The first-order chi connectivity index (χ1) is 10.0. The van der Waals surface area contributed by atoms with Crippen molar-refractivity contribution < 1.29 is 8.42 Å². The van der Waals surface area contributed by atoms with Gasteiger partial charge in [0.2, 0.25) is 10.0 Å². The van der Waals surface area contributed by atoms with Crippen molar-refractivity contribution in [2.24, 2.45) is 11.7 Å². The van der Waals surface area contributed by atoms with Crippen molar-refractivity contribution in [1.29, 1.82) is 0 Å². The second kappa shape index (κ2) is 7.24. The minimum absolute atomic E-state index is 0.284. The summed E-state index contributed by atoms with van der Waals surface area (Å²) < 4.78 is 26.9. The number of sulfonamides is 1. The summed E-state index contributed by atoms with van der Waals surface area (Å²) in [6.07, 6.45) is 4.42. The minimum Gasteiger partial charge on any atom is -0.384 e. The Bertz CT molecular complexity index is 560. The van der Waals surface area contributed by atoms with Gasteiger partial charge < -0.3 is 11.1 Å². The lowest BCUT2D eigenvalue weighted by molar-refractivity contribution is 0.335. The smallest absolute Gasteiger partial charge is 0.242 e. The van der Waals surface area contributed by atoms with Crippen molar-refractivity contribution in [1.82, 2.24) is 4.72 Å². The number of anilines is 1. The molecule has 118 valence electrons. The fourth-order valence-corrected chi connectivity index (χ4v) is 4.11. The van der Waals surface area contributed by atoms with Gasteiger partial charge in [-0.2, -0.15) is 0 Å². The van der Waals surface area contributed by atoms with Crippen LogP contribution in [-0.2, 0) is 10.0 Å². The van der Waals surface area contributed by atoms with Gasteiger partial charge in [0.15, 0.2) is 0 Å². The lowest BCUT2D eigenvalue weighted by Gasteiger charge is -2.27. The molecule has 1 aliphatic rings. The van der Waals surface area contributed by atoms with Gasteiger partial charge in [0.25, 0.3) is 0 Å². The predicted molar refractivity (Wildman–Crippen MR) is 85.7 cm³/mol. The Kier molecular flexibility index (Phi) is 5.61. The van der Waals surface area contributed by atoms with E-state index in [2.05, 4.69) is 10.0 Å². The second-order valence-electron chi connectivity index (χ2n) is 5.67. The summed E-state index contributed by atoms with van der Waals surface area (Å²) in [5.41, 5.74) is 6.66. The van der Waals surface area contributed by atoms with Gasteiger partial charge in [-0.15, -0.1) is 0 Å². The van der Waals surface area contributed by atoms with Crippen LogP contribution in [0.3, 0.4) is 0 Å². The van der Waals surface area contributed by atoms with Crippen molar-refractivity contribution in [2.45, 2.75) is 43.5 Å². The third-order valence-electron chi connectivity index (χ3n) is 3.92. The third kappa shape index (κ3) is 4.43. The number of nitrogens with two attached hydrogens (primary N) is 1. The molecule has 0 saturated heterocycles. The highest BCUT2D eigenvalue weighted by Gasteiger charge is 2.21. The summed E-state index contributed by atoms with van der Waals surface area (Å²) in [4.78, 5) is 0.312. The lowest BCUT2D eigenvalue weighted by atomic mass is 9.86. The van der Waals surface area contributed by atoms with Crippen molar-refractivity contribution >= 4 is 15.7 Å². The predicted octanol–water partition coefficient (Wildman–Crippen LogP) is 1.91. The monoisotopic (exact) mass is 311 g/mol. The van der Waals surface area contributed by atoms with Crippen LogP contribution in [0.4, 0.5) is 5.69 Å². The SMILES string of the molecule is CCNS(=O)(=O)c1ccccc1NCC1CCCC(N)C1. The number of hydrogen-bond donors (Lipinski definition) is 3. The molecule has 0 amide bonds. The van der Waals surface area contributed by atoms with E-state index < -0.39 is 10.0 Å². The van der Waals surface area contributed by atoms with Gasteiger partial charge in [-0.25, -0.2) is 13.1 Å². The van der Waals surface area contributed by atoms with Crippen LogP contribution in [0.15, 0.2) is 29.2 Å². The molecule has 1 saturated carbocycles. The van der Waals surface area contributed by atoms with Crippen LogP contribution in [0.25, 0.3) is 0 Å². The molecule has 1 aromatic rings. The van der Waals surface area contributed by atoms with Crippen molar-refractivity contribution in [3.8, 4) is 0 Å². The molecular weight excluding hydrogens is 286 g/mol. The Balaban J connectivity index is 2.06. The van der Waals surface area contributed by atoms with Gasteiger partial charge >= 0.3 is 0 Å². The number of benzene rings is 1. The average Bonchev–Trinajstić information content (AvgIpc) is 2.45. The van der Waals surface area contributed by atoms with Crippen LogP contribution in [0.5, 0.6) is 0 Å². The van der Waals surface area contributed by atoms with Crippen molar-refractivity contribution in [2.75, 3.05) is 18.4 Å². The zero-order valence-electron chi connectivity index (χ0n) is 12.5. The Morgan fingerprint density at radius 2 is 2.05 bits per heavy atom. The minimum atomic E-state index is -3.44. The molecule has 2 atom stereocenters. The maximum absolute atomic E-state index is 12.2. The Hall–Kier alpha value is -1.11. The van der Waals surface area contributed by atoms with Gasteiger partial charge in [0.1, 0.15) is 4.90 Å². The summed E-state index contributed by atoms with van der Waals surface area (Å²) in [5.74, 6) is 0.517. The molecule has 0 heterocycles. The van der Waals surface area contributed by atoms with Crippen LogP contribution in [0, 0.1) is 5.92 Å². The van der Waals surface area contributed by atoms with Crippen LogP contribution >= 0.6 is 0 Å². The van der Waals surface area contributed by atoms with Crippen LogP contribution in [-0.4, -0.2) is 27.5 Å². The number of hydrogen-bond acceptors (Lipinski definition) is 4. The topological polar surface area (TPSA) is 84.2 Å². The van der Waals surface area contributed by atoms with E-state index in [1.165, 1.54) is 0 Å². The first-order valence-electron chi connectivity index (χ1n) is 7.61. The highest BCUT2D eigenvalue weighted by Crippen LogP contribution is 2.25. The summed E-state index contributed by atoms with van der Waals surface area (Å²) in [5, 5.41) is 3.29. The van der Waals surface area contributed by atoms with Crippen LogP contribution in [0.2, 0.25) is 0 Å². The Morgan fingerprint density at radius 3 is 2.76 bits per heavy atom. The number of rotatable bonds is 6. The fourth-order valence-electron chi connectivity index (χ4n) is 2.89. The maximum atomic E-state index is 12.2. The molecule has 6 heteroatoms. The highest BCUT2D eigenvalue weighted by atomic mass is 32.2. The molecule has 0 bridgehead atoms. The molecule has 0 aromatic heterocycles. The zero-order valence-corrected chi connectivity index (χ0v) is 13.3. The molecule has 0 spiro atoms. The van der Waals surface area contributed by atoms with Gasteiger partial charge in [-0.1, -0.05) is 25.5 Å². The molecule has 1 aliphatic carbocycles. The Labute approximate surface area is 127 Å². The molecule has 0 aliphatic heterocycles. The quantitative estimate of drug-likeness (QED) is 0.749. The summed E-state index contributed by atoms with van der Waals surface area (Å²) in [7, 11) is -3.44. The molecule has 21 heavy (non-hydrogen) atoms. The Morgan fingerprint density at radius 1 is 1.29 bits per heavy atom. The first-order valence-corrected chi connectivity index (χ1v) is 9.09. The van der Waals surface area contributed by atoms with Gasteiger partial charge in [-0.05, 0) is 37.3 Å². The van der Waals surface area contributed by atoms with Crippen LogP contribution < -0.4 is 15.8 Å². The molecule has 2 unspecified atom stereocenters. The molecule has 4 N–H and O–H groups in total. The standard InChI is InChI=1S/C15H25N3O2S/c1-2-18-21(19,20)15-9-4-3-8-14(15)17-11-12-6-5-7-13(16)10-12/h3-4,8-9,12-13,17-18H,2,5-7,10-11,16H2,1H3. The van der Waals surface area contributed by atoms with E-state index in [4.69, 9.17) is 5.73 Å². The van der Waals surface area contributed by atoms with E-state index in [0.29, 0.717) is 23.0 Å². The van der Waals surface area contributed by atoms with E-state index in [1.54, 1.807) is 19.1 Å². The largest absolute Gasteiger partial charge is 0.384 e. The van der Waals surface area contributed by atoms with E-state index in [0.717, 1.165) is 32.2 Å². The highest BCUT2D eigenvalue weighted by molar-refractivity contribution is 7.89. The van der Waals surface area contributed by atoms with Crippen LogP contribution in [0.1, 0.15) is 32.6 Å². The third-order valence-corrected chi connectivity index (χ3v) is 5.52. The summed E-state index contributed by atoms with van der Waals surface area (Å²) in [6.45, 7) is 2.93. The number of para-hydroxylation sites is 1. The maximum Gasteiger partial charge on any atom is 0.242 e. The van der Waals surface area contributed by atoms with E-state index >= 15 is 0 Å². The first kappa shape index (κ1) is 16.3. The van der Waals surface area contributed by atoms with E-state index in [1.807, 2.05) is 12.1 Å². The normalized spacial score (nSPS) is 23.0. The molecule has 5 nitrogen and oxygen atoms in total. The second-order valence-corrected chi connectivity index (χ2v) is 7.41. The molecule has 1 aromatic carbocycles. The van der Waals surface area contributed by atoms with Crippen molar-refractivity contribution in [3.63, 3.8) is 0 Å².